The van der Waals surface area contributed by atoms with Crippen molar-refractivity contribution in [2.45, 2.75) is 51.6 Å². The average molecular weight is 248 g/mol. The molecule has 0 bridgehead atoms. The van der Waals surface area contributed by atoms with Crippen LogP contribution in [0.5, 0.6) is 5.75 Å². The van der Waals surface area contributed by atoms with Crippen LogP contribution in [0.4, 0.5) is 0 Å². The molecule has 0 heterocycles. The lowest BCUT2D eigenvalue weighted by Crippen LogP contribution is -2.35. The van der Waals surface area contributed by atoms with Crippen molar-refractivity contribution in [2.75, 3.05) is 7.11 Å². The molecule has 1 aliphatic carbocycles. The fourth-order valence-electron chi connectivity index (χ4n) is 2.96. The van der Waals surface area contributed by atoms with Crippen LogP contribution in [0.1, 0.15) is 44.6 Å². The van der Waals surface area contributed by atoms with Crippen LogP contribution in [0.2, 0.25) is 0 Å². The number of aliphatic hydroxyl groups excluding tert-OH is 1. The summed E-state index contributed by atoms with van der Waals surface area (Å²) in [4.78, 5) is 0. The van der Waals surface area contributed by atoms with Gasteiger partial charge in [-0.05, 0) is 42.4 Å². The summed E-state index contributed by atoms with van der Waals surface area (Å²) >= 11 is 0. The van der Waals surface area contributed by atoms with E-state index >= 15 is 0 Å². The third-order valence-electron chi connectivity index (χ3n) is 4.36. The highest BCUT2D eigenvalue weighted by Crippen LogP contribution is 2.39. The van der Waals surface area contributed by atoms with Gasteiger partial charge in [-0.1, -0.05) is 38.3 Å². The van der Waals surface area contributed by atoms with Crippen LogP contribution in [-0.2, 0) is 6.42 Å². The number of benzene rings is 1. The van der Waals surface area contributed by atoms with E-state index in [1.165, 1.54) is 19.3 Å². The van der Waals surface area contributed by atoms with E-state index in [-0.39, 0.29) is 11.5 Å². The highest BCUT2D eigenvalue weighted by atomic mass is 16.5. The molecular weight excluding hydrogens is 224 g/mol. The van der Waals surface area contributed by atoms with Crippen LogP contribution in [0.3, 0.4) is 0 Å². The maximum Gasteiger partial charge on any atom is 0.119 e. The Hall–Kier alpha value is -1.02. The molecule has 0 aromatic heterocycles. The van der Waals surface area contributed by atoms with Crippen molar-refractivity contribution in [3.05, 3.63) is 29.8 Å². The van der Waals surface area contributed by atoms with Crippen LogP contribution in [0.25, 0.3) is 0 Å². The summed E-state index contributed by atoms with van der Waals surface area (Å²) in [6.07, 6.45) is 6.62. The van der Waals surface area contributed by atoms with Gasteiger partial charge in [0, 0.05) is 0 Å². The van der Waals surface area contributed by atoms with Gasteiger partial charge in [0.1, 0.15) is 5.75 Å². The Bertz CT molecular complexity index is 380. The zero-order chi connectivity index (χ0) is 13.0. The predicted molar refractivity (Wildman–Crippen MR) is 73.9 cm³/mol. The Kier molecular flexibility index (Phi) is 4.28. The zero-order valence-electron chi connectivity index (χ0n) is 11.5. The number of hydrogen-bond acceptors (Lipinski definition) is 2. The molecular formula is C16H24O2. The lowest BCUT2D eigenvalue weighted by atomic mass is 9.70. The van der Waals surface area contributed by atoms with E-state index in [1.807, 2.05) is 18.2 Å². The van der Waals surface area contributed by atoms with Crippen molar-refractivity contribution in [1.29, 1.82) is 0 Å². The Morgan fingerprint density at radius 1 is 1.28 bits per heavy atom. The second kappa shape index (κ2) is 5.75. The van der Waals surface area contributed by atoms with Crippen molar-refractivity contribution < 1.29 is 9.84 Å². The van der Waals surface area contributed by atoms with Crippen molar-refractivity contribution in [1.82, 2.24) is 0 Å². The van der Waals surface area contributed by atoms with Crippen molar-refractivity contribution >= 4 is 0 Å². The van der Waals surface area contributed by atoms with Crippen LogP contribution < -0.4 is 4.74 Å². The summed E-state index contributed by atoms with van der Waals surface area (Å²) < 4.78 is 5.23. The van der Waals surface area contributed by atoms with Gasteiger partial charge < -0.3 is 9.84 Å². The molecule has 1 aliphatic rings. The van der Waals surface area contributed by atoms with Gasteiger partial charge in [0.15, 0.2) is 0 Å². The molecule has 1 atom stereocenters. The topological polar surface area (TPSA) is 29.5 Å². The Morgan fingerprint density at radius 3 is 2.67 bits per heavy atom. The Morgan fingerprint density at radius 2 is 2.00 bits per heavy atom. The predicted octanol–water partition coefficient (Wildman–Crippen LogP) is 3.57. The maximum absolute atomic E-state index is 10.5. The number of aliphatic hydroxyl groups is 1. The smallest absolute Gasteiger partial charge is 0.119 e. The van der Waals surface area contributed by atoms with E-state index in [1.54, 1.807) is 7.11 Å². The maximum atomic E-state index is 10.5. The van der Waals surface area contributed by atoms with Crippen LogP contribution in [0, 0.1) is 5.41 Å². The van der Waals surface area contributed by atoms with Gasteiger partial charge >= 0.3 is 0 Å². The molecule has 1 aromatic rings. The number of rotatable bonds is 4. The third kappa shape index (κ3) is 3.05. The highest BCUT2D eigenvalue weighted by molar-refractivity contribution is 5.29. The highest BCUT2D eigenvalue weighted by Gasteiger charge is 2.34. The normalized spacial score (nSPS) is 20.4. The molecule has 2 rings (SSSR count). The summed E-state index contributed by atoms with van der Waals surface area (Å²) in [5.74, 6) is 0.869. The molecule has 2 heteroatoms. The van der Waals surface area contributed by atoms with Gasteiger partial charge in [-0.3, -0.25) is 0 Å². The molecule has 0 spiro atoms. The molecule has 1 unspecified atom stereocenters. The average Bonchev–Trinajstić information content (AvgIpc) is 2.40. The van der Waals surface area contributed by atoms with Crippen molar-refractivity contribution in [3.8, 4) is 5.75 Å². The standard InChI is InChI=1S/C16H24O2/c1-16(9-4-3-5-10-16)15(17)12-13-7-6-8-14(11-13)18-2/h6-8,11,15,17H,3-5,9-10,12H2,1-2H3. The summed E-state index contributed by atoms with van der Waals surface area (Å²) in [6, 6.07) is 8.02. The molecule has 2 nitrogen and oxygen atoms in total. The largest absolute Gasteiger partial charge is 0.497 e. The quantitative estimate of drug-likeness (QED) is 0.882. The summed E-state index contributed by atoms with van der Waals surface area (Å²) in [5, 5.41) is 10.5. The first kappa shape index (κ1) is 13.4. The first-order valence-electron chi connectivity index (χ1n) is 6.95. The second-order valence-corrected chi connectivity index (χ2v) is 5.79. The number of methoxy groups -OCH3 is 1. The number of hydrogen-bond donors (Lipinski definition) is 1. The zero-order valence-corrected chi connectivity index (χ0v) is 11.5. The minimum Gasteiger partial charge on any atom is -0.497 e. The molecule has 1 aromatic carbocycles. The van der Waals surface area contributed by atoms with Gasteiger partial charge in [0.2, 0.25) is 0 Å². The third-order valence-corrected chi connectivity index (χ3v) is 4.36. The summed E-state index contributed by atoms with van der Waals surface area (Å²) in [6.45, 7) is 2.23. The monoisotopic (exact) mass is 248 g/mol. The van der Waals surface area contributed by atoms with E-state index < -0.39 is 0 Å². The summed E-state index contributed by atoms with van der Waals surface area (Å²) in [5.41, 5.74) is 1.26. The van der Waals surface area contributed by atoms with Gasteiger partial charge in [0.05, 0.1) is 13.2 Å². The lowest BCUT2D eigenvalue weighted by molar-refractivity contribution is 0.0104. The minimum absolute atomic E-state index is 0.0985. The van der Waals surface area contributed by atoms with Gasteiger partial charge in [0.25, 0.3) is 0 Å². The van der Waals surface area contributed by atoms with E-state index in [4.69, 9.17) is 4.74 Å². The van der Waals surface area contributed by atoms with E-state index in [2.05, 4.69) is 13.0 Å². The van der Waals surface area contributed by atoms with Crippen LogP contribution in [-0.4, -0.2) is 18.3 Å². The fourth-order valence-corrected chi connectivity index (χ4v) is 2.96. The van der Waals surface area contributed by atoms with Crippen molar-refractivity contribution in [2.24, 2.45) is 5.41 Å². The minimum atomic E-state index is -0.245. The number of ether oxygens (including phenoxy) is 1. The molecule has 1 fully saturated rings. The molecule has 0 saturated heterocycles. The summed E-state index contributed by atoms with van der Waals surface area (Å²) in [7, 11) is 1.68. The van der Waals surface area contributed by atoms with Crippen LogP contribution in [0.15, 0.2) is 24.3 Å². The second-order valence-electron chi connectivity index (χ2n) is 5.79. The van der Waals surface area contributed by atoms with Gasteiger partial charge in [-0.25, -0.2) is 0 Å². The first-order chi connectivity index (χ1) is 8.64. The van der Waals surface area contributed by atoms with Crippen molar-refractivity contribution in [3.63, 3.8) is 0 Å². The fraction of sp³-hybridized carbons (Fsp3) is 0.625. The molecule has 100 valence electrons. The van der Waals surface area contributed by atoms with E-state index in [0.717, 1.165) is 30.6 Å². The van der Waals surface area contributed by atoms with Crippen LogP contribution >= 0.6 is 0 Å². The Balaban J connectivity index is 2.03. The first-order valence-corrected chi connectivity index (χ1v) is 6.95. The molecule has 0 amide bonds. The molecule has 0 radical (unpaired) electrons. The van der Waals surface area contributed by atoms with Gasteiger partial charge in [-0.15, -0.1) is 0 Å². The lowest BCUT2D eigenvalue weighted by Gasteiger charge is -2.38. The molecule has 18 heavy (non-hydrogen) atoms. The SMILES string of the molecule is COc1cccc(CC(O)C2(C)CCCCC2)c1. The molecule has 1 N–H and O–H groups in total. The van der Waals surface area contributed by atoms with Gasteiger partial charge in [-0.2, -0.15) is 0 Å². The Labute approximate surface area is 110 Å². The molecule has 0 aliphatic heterocycles. The molecule has 1 saturated carbocycles. The van der Waals surface area contributed by atoms with E-state index in [0.29, 0.717) is 0 Å². The van der Waals surface area contributed by atoms with E-state index in [9.17, 15) is 5.11 Å².